The molecule has 106 valence electrons. The van der Waals surface area contributed by atoms with Crippen molar-refractivity contribution in [1.82, 2.24) is 5.32 Å². The van der Waals surface area contributed by atoms with Gasteiger partial charge in [-0.25, -0.2) is 4.79 Å². The highest BCUT2D eigenvalue weighted by atomic mass is 79.9. The second kappa shape index (κ2) is 6.58. The van der Waals surface area contributed by atoms with E-state index >= 15 is 0 Å². The number of furan rings is 1. The lowest BCUT2D eigenvalue weighted by molar-refractivity contribution is 0.0694. The van der Waals surface area contributed by atoms with Gasteiger partial charge in [0.05, 0.1) is 13.7 Å². The van der Waals surface area contributed by atoms with Crippen LogP contribution in [0, 0.1) is 0 Å². The molecule has 2 rings (SSSR count). The lowest BCUT2D eigenvalue weighted by Gasteiger charge is -2.05. The molecule has 6 heteroatoms. The maximum Gasteiger partial charge on any atom is 0.339 e. The second-order valence-electron chi connectivity index (χ2n) is 4.14. The molecule has 20 heavy (non-hydrogen) atoms. The van der Waals surface area contributed by atoms with Crippen LogP contribution in [0.3, 0.4) is 0 Å². The molecule has 1 heterocycles. The number of aromatic carboxylic acids is 1. The highest BCUT2D eigenvalue weighted by molar-refractivity contribution is 9.10. The maximum atomic E-state index is 11.0. The summed E-state index contributed by atoms with van der Waals surface area (Å²) in [5, 5.41) is 12.2. The zero-order valence-corrected chi connectivity index (χ0v) is 12.4. The van der Waals surface area contributed by atoms with Crippen molar-refractivity contribution in [1.29, 1.82) is 0 Å². The molecule has 0 fully saturated rings. The number of nitrogens with one attached hydrogen (secondary N) is 1. The Morgan fingerprint density at radius 3 is 2.65 bits per heavy atom. The fourth-order valence-corrected chi connectivity index (χ4v) is 2.20. The number of benzene rings is 1. The Hall–Kier alpha value is -1.79. The summed E-state index contributed by atoms with van der Waals surface area (Å²) in [4.78, 5) is 11.0. The molecular formula is C14H14BrNO4. The topological polar surface area (TPSA) is 71.7 Å². The Morgan fingerprint density at radius 2 is 2.05 bits per heavy atom. The van der Waals surface area contributed by atoms with E-state index in [2.05, 4.69) is 21.2 Å². The molecule has 0 aliphatic heterocycles. The summed E-state index contributed by atoms with van der Waals surface area (Å²) in [7, 11) is 1.62. The Balaban J connectivity index is 1.93. The number of hydrogen-bond acceptors (Lipinski definition) is 4. The van der Waals surface area contributed by atoms with Gasteiger partial charge in [-0.2, -0.15) is 0 Å². The SMILES string of the molecule is COc1ccc(CNCc2oc(Br)cc2C(=O)O)cc1. The van der Waals surface area contributed by atoms with Crippen LogP contribution in [-0.2, 0) is 13.1 Å². The van der Waals surface area contributed by atoms with Crippen molar-refractivity contribution >= 4 is 21.9 Å². The van der Waals surface area contributed by atoms with E-state index in [1.165, 1.54) is 6.07 Å². The van der Waals surface area contributed by atoms with Crippen LogP contribution in [0.1, 0.15) is 21.7 Å². The van der Waals surface area contributed by atoms with E-state index in [1.54, 1.807) is 7.11 Å². The zero-order valence-electron chi connectivity index (χ0n) is 10.9. The highest BCUT2D eigenvalue weighted by Crippen LogP contribution is 2.20. The minimum Gasteiger partial charge on any atom is -0.497 e. The van der Waals surface area contributed by atoms with Crippen molar-refractivity contribution in [3.8, 4) is 5.75 Å². The monoisotopic (exact) mass is 339 g/mol. The molecule has 0 unspecified atom stereocenters. The van der Waals surface area contributed by atoms with Gasteiger partial charge >= 0.3 is 5.97 Å². The normalized spacial score (nSPS) is 10.5. The van der Waals surface area contributed by atoms with Gasteiger partial charge < -0.3 is 19.6 Å². The molecule has 1 aromatic carbocycles. The Morgan fingerprint density at radius 1 is 1.35 bits per heavy atom. The Bertz CT molecular complexity index is 592. The first kappa shape index (κ1) is 14.6. The van der Waals surface area contributed by atoms with Crippen LogP contribution in [-0.4, -0.2) is 18.2 Å². The minimum atomic E-state index is -0.999. The van der Waals surface area contributed by atoms with Crippen molar-refractivity contribution in [2.75, 3.05) is 7.11 Å². The molecule has 0 saturated carbocycles. The standard InChI is InChI=1S/C14H14BrNO4/c1-19-10-4-2-9(3-5-10)7-16-8-12-11(14(17)18)6-13(15)20-12/h2-6,16H,7-8H2,1H3,(H,17,18). The number of carboxylic acids is 1. The van der Waals surface area contributed by atoms with E-state index in [1.807, 2.05) is 24.3 Å². The molecule has 0 aliphatic carbocycles. The molecule has 2 aromatic rings. The number of methoxy groups -OCH3 is 1. The van der Waals surface area contributed by atoms with Crippen LogP contribution in [0.25, 0.3) is 0 Å². The molecule has 0 saturated heterocycles. The lowest BCUT2D eigenvalue weighted by atomic mass is 10.2. The van der Waals surface area contributed by atoms with Gasteiger partial charge in [0, 0.05) is 12.6 Å². The van der Waals surface area contributed by atoms with Crippen LogP contribution in [0.2, 0.25) is 0 Å². The first-order valence-electron chi connectivity index (χ1n) is 5.95. The van der Waals surface area contributed by atoms with Gasteiger partial charge in [0.25, 0.3) is 0 Å². The average molecular weight is 340 g/mol. The van der Waals surface area contributed by atoms with E-state index in [9.17, 15) is 4.79 Å². The molecule has 0 spiro atoms. The van der Waals surface area contributed by atoms with Crippen molar-refractivity contribution in [2.24, 2.45) is 0 Å². The number of hydrogen-bond donors (Lipinski definition) is 2. The number of carbonyl (C=O) groups is 1. The van der Waals surface area contributed by atoms with E-state index in [0.717, 1.165) is 11.3 Å². The van der Waals surface area contributed by atoms with Crippen LogP contribution >= 0.6 is 15.9 Å². The van der Waals surface area contributed by atoms with Crippen molar-refractivity contribution in [3.63, 3.8) is 0 Å². The van der Waals surface area contributed by atoms with Gasteiger partial charge in [0.1, 0.15) is 17.1 Å². The summed E-state index contributed by atoms with van der Waals surface area (Å²) in [6.07, 6.45) is 0. The zero-order chi connectivity index (χ0) is 14.5. The van der Waals surface area contributed by atoms with Crippen LogP contribution in [0.4, 0.5) is 0 Å². The van der Waals surface area contributed by atoms with Crippen LogP contribution in [0.5, 0.6) is 5.75 Å². The molecule has 2 N–H and O–H groups in total. The van der Waals surface area contributed by atoms with E-state index in [4.69, 9.17) is 14.3 Å². The average Bonchev–Trinajstić information content (AvgIpc) is 2.81. The molecular weight excluding hydrogens is 326 g/mol. The van der Waals surface area contributed by atoms with Crippen molar-refractivity contribution in [3.05, 3.63) is 51.9 Å². The third kappa shape index (κ3) is 3.61. The van der Waals surface area contributed by atoms with Gasteiger partial charge in [-0.05, 0) is 33.6 Å². The summed E-state index contributed by atoms with van der Waals surface area (Å²) < 4.78 is 10.8. The van der Waals surface area contributed by atoms with E-state index in [0.29, 0.717) is 23.5 Å². The van der Waals surface area contributed by atoms with Crippen LogP contribution in [0.15, 0.2) is 39.4 Å². The molecule has 0 bridgehead atoms. The Labute approximate surface area is 124 Å². The minimum absolute atomic E-state index is 0.166. The number of halogens is 1. The first-order chi connectivity index (χ1) is 9.60. The smallest absolute Gasteiger partial charge is 0.339 e. The van der Waals surface area contributed by atoms with Gasteiger partial charge in [0.15, 0.2) is 4.67 Å². The van der Waals surface area contributed by atoms with E-state index < -0.39 is 5.97 Å². The van der Waals surface area contributed by atoms with E-state index in [-0.39, 0.29) is 5.56 Å². The van der Waals surface area contributed by atoms with Gasteiger partial charge in [-0.15, -0.1) is 0 Å². The molecule has 0 radical (unpaired) electrons. The maximum absolute atomic E-state index is 11.0. The van der Waals surface area contributed by atoms with Gasteiger partial charge in [-0.1, -0.05) is 12.1 Å². The van der Waals surface area contributed by atoms with Gasteiger partial charge in [0.2, 0.25) is 0 Å². The molecule has 0 aliphatic rings. The van der Waals surface area contributed by atoms with Crippen molar-refractivity contribution < 1.29 is 19.1 Å². The summed E-state index contributed by atoms with van der Waals surface area (Å²) in [5.41, 5.74) is 1.24. The molecule has 1 aromatic heterocycles. The quantitative estimate of drug-likeness (QED) is 0.846. The fourth-order valence-electron chi connectivity index (χ4n) is 1.77. The third-order valence-electron chi connectivity index (χ3n) is 2.78. The summed E-state index contributed by atoms with van der Waals surface area (Å²) in [6, 6.07) is 9.10. The highest BCUT2D eigenvalue weighted by Gasteiger charge is 2.15. The second-order valence-corrected chi connectivity index (χ2v) is 4.93. The first-order valence-corrected chi connectivity index (χ1v) is 6.74. The third-order valence-corrected chi connectivity index (χ3v) is 3.17. The van der Waals surface area contributed by atoms with Crippen molar-refractivity contribution in [2.45, 2.75) is 13.1 Å². The predicted octanol–water partition coefficient (Wildman–Crippen LogP) is 3.04. The molecule has 5 nitrogen and oxygen atoms in total. The summed E-state index contributed by atoms with van der Waals surface area (Å²) >= 11 is 3.13. The molecule has 0 atom stereocenters. The lowest BCUT2D eigenvalue weighted by Crippen LogP contribution is -2.14. The largest absolute Gasteiger partial charge is 0.497 e. The summed E-state index contributed by atoms with van der Waals surface area (Å²) in [6.45, 7) is 0.959. The van der Waals surface area contributed by atoms with Crippen LogP contribution < -0.4 is 10.1 Å². The number of carboxylic acid groups (broad SMARTS) is 1. The Kier molecular flexibility index (Phi) is 4.81. The fraction of sp³-hybridized carbons (Fsp3) is 0.214. The van der Waals surface area contributed by atoms with Gasteiger partial charge in [-0.3, -0.25) is 0 Å². The number of rotatable bonds is 6. The predicted molar refractivity (Wildman–Crippen MR) is 76.9 cm³/mol. The number of ether oxygens (including phenoxy) is 1. The summed E-state index contributed by atoms with van der Waals surface area (Å²) in [5.74, 6) is 0.204. The molecule has 0 amide bonds.